The van der Waals surface area contributed by atoms with Crippen molar-refractivity contribution in [1.29, 1.82) is 0 Å². The number of nitrogens with zero attached hydrogens (tertiary/aromatic N) is 1. The molecule has 7 nitrogen and oxygen atoms in total. The van der Waals surface area contributed by atoms with Crippen LogP contribution in [0.2, 0.25) is 0 Å². The van der Waals surface area contributed by atoms with E-state index in [1.54, 1.807) is 35.8 Å². The lowest BCUT2D eigenvalue weighted by Crippen LogP contribution is -2.13. The summed E-state index contributed by atoms with van der Waals surface area (Å²) in [6, 6.07) is 8.64. The first kappa shape index (κ1) is 16.7. The molecule has 128 valence electrons. The van der Waals surface area contributed by atoms with Gasteiger partial charge in [0.25, 0.3) is 11.8 Å². The van der Waals surface area contributed by atoms with E-state index < -0.39 is 5.91 Å². The van der Waals surface area contributed by atoms with Crippen molar-refractivity contribution in [3.8, 4) is 17.0 Å². The molecule has 25 heavy (non-hydrogen) atoms. The molecular weight excluding hydrogens is 340 g/mol. The van der Waals surface area contributed by atoms with E-state index in [2.05, 4.69) is 15.3 Å². The van der Waals surface area contributed by atoms with Gasteiger partial charge in [-0.2, -0.15) is 0 Å². The van der Waals surface area contributed by atoms with Gasteiger partial charge in [-0.1, -0.05) is 12.1 Å². The van der Waals surface area contributed by atoms with Gasteiger partial charge < -0.3 is 15.5 Å². The zero-order valence-corrected chi connectivity index (χ0v) is 14.2. The highest BCUT2D eigenvalue weighted by atomic mass is 32.1. The summed E-state index contributed by atoms with van der Waals surface area (Å²) in [5.74, 6) is -0.310. The van der Waals surface area contributed by atoms with Crippen molar-refractivity contribution >= 4 is 28.3 Å². The van der Waals surface area contributed by atoms with Crippen molar-refractivity contribution in [2.75, 3.05) is 11.9 Å². The van der Waals surface area contributed by atoms with Gasteiger partial charge in [-0.15, -0.1) is 11.3 Å². The van der Waals surface area contributed by atoms with Crippen molar-refractivity contribution in [2.24, 2.45) is 5.73 Å². The second kappa shape index (κ2) is 7.18. The predicted octanol–water partition coefficient (Wildman–Crippen LogP) is 2.89. The van der Waals surface area contributed by atoms with Crippen LogP contribution in [0.5, 0.6) is 5.75 Å². The first-order chi connectivity index (χ1) is 12.1. The summed E-state index contributed by atoms with van der Waals surface area (Å²) < 4.78 is 5.47. The Morgan fingerprint density at radius 3 is 2.88 bits per heavy atom. The van der Waals surface area contributed by atoms with E-state index in [4.69, 9.17) is 10.5 Å². The Morgan fingerprint density at radius 2 is 2.16 bits per heavy atom. The van der Waals surface area contributed by atoms with Gasteiger partial charge in [0.1, 0.15) is 11.4 Å². The molecule has 4 N–H and O–H groups in total. The molecule has 0 unspecified atom stereocenters. The number of amides is 2. The van der Waals surface area contributed by atoms with E-state index in [9.17, 15) is 9.59 Å². The smallest absolute Gasteiger partial charge is 0.265 e. The molecule has 0 radical (unpaired) electrons. The normalized spacial score (nSPS) is 10.4. The predicted molar refractivity (Wildman–Crippen MR) is 96.0 cm³/mol. The monoisotopic (exact) mass is 356 g/mol. The van der Waals surface area contributed by atoms with E-state index in [-0.39, 0.29) is 5.91 Å². The number of carbonyl (C=O) groups excluding carboxylic acids is 2. The molecule has 3 rings (SSSR count). The Bertz CT molecular complexity index is 916. The Kier molecular flexibility index (Phi) is 4.80. The first-order valence-electron chi connectivity index (χ1n) is 7.55. The summed E-state index contributed by atoms with van der Waals surface area (Å²) in [7, 11) is 0. The number of benzene rings is 1. The fourth-order valence-electron chi connectivity index (χ4n) is 2.25. The highest BCUT2D eigenvalue weighted by Crippen LogP contribution is 2.26. The highest BCUT2D eigenvalue weighted by molar-refractivity contribution is 7.14. The molecule has 0 spiro atoms. The molecule has 0 saturated carbocycles. The Balaban J connectivity index is 1.77. The minimum Gasteiger partial charge on any atom is -0.493 e. The topological polar surface area (TPSA) is 110 Å². The maximum Gasteiger partial charge on any atom is 0.265 e. The number of H-pyrrole nitrogens is 1. The highest BCUT2D eigenvalue weighted by Gasteiger charge is 2.15. The number of hydrogen-bond acceptors (Lipinski definition) is 5. The zero-order valence-electron chi connectivity index (χ0n) is 13.4. The second-order valence-electron chi connectivity index (χ2n) is 5.09. The van der Waals surface area contributed by atoms with Crippen LogP contribution in [0.1, 0.15) is 27.8 Å². The van der Waals surface area contributed by atoms with Crippen LogP contribution in [0.25, 0.3) is 11.3 Å². The molecule has 3 aromatic rings. The number of carbonyl (C=O) groups is 2. The van der Waals surface area contributed by atoms with E-state index in [1.165, 1.54) is 11.3 Å². The molecule has 0 aliphatic carbocycles. The van der Waals surface area contributed by atoms with Gasteiger partial charge in [-0.05, 0) is 25.1 Å². The largest absolute Gasteiger partial charge is 0.493 e. The number of rotatable bonds is 6. The van der Waals surface area contributed by atoms with Gasteiger partial charge in [0.2, 0.25) is 0 Å². The zero-order chi connectivity index (χ0) is 17.8. The number of nitrogens with one attached hydrogen (secondary N) is 2. The van der Waals surface area contributed by atoms with Gasteiger partial charge in [0, 0.05) is 17.1 Å². The second-order valence-corrected chi connectivity index (χ2v) is 5.95. The summed E-state index contributed by atoms with van der Waals surface area (Å²) in [5, 5.41) is 5.01. The summed E-state index contributed by atoms with van der Waals surface area (Å²) >= 11 is 1.29. The Morgan fingerprint density at radius 1 is 1.36 bits per heavy atom. The van der Waals surface area contributed by atoms with Crippen LogP contribution in [0.15, 0.2) is 41.9 Å². The molecule has 2 heterocycles. The molecule has 0 atom stereocenters. The number of hydrogen-bond donors (Lipinski definition) is 3. The molecule has 0 saturated heterocycles. The van der Waals surface area contributed by atoms with Crippen molar-refractivity contribution in [2.45, 2.75) is 6.92 Å². The third-order valence-electron chi connectivity index (χ3n) is 3.40. The van der Waals surface area contributed by atoms with E-state index in [0.717, 1.165) is 5.56 Å². The van der Waals surface area contributed by atoms with Gasteiger partial charge in [0.15, 0.2) is 5.13 Å². The maximum atomic E-state index is 12.5. The van der Waals surface area contributed by atoms with Crippen LogP contribution in [0.4, 0.5) is 5.13 Å². The number of ether oxygens (including phenoxy) is 1. The van der Waals surface area contributed by atoms with Gasteiger partial charge in [-0.3, -0.25) is 14.9 Å². The number of aromatic amines is 1. The first-order valence-corrected chi connectivity index (χ1v) is 8.43. The fraction of sp³-hybridized carbons (Fsp3) is 0.118. The van der Waals surface area contributed by atoms with Crippen LogP contribution in [-0.2, 0) is 0 Å². The van der Waals surface area contributed by atoms with Gasteiger partial charge in [0.05, 0.1) is 17.9 Å². The minimum atomic E-state index is -0.539. The summed E-state index contributed by atoms with van der Waals surface area (Å²) in [6.45, 7) is 2.33. The summed E-state index contributed by atoms with van der Waals surface area (Å²) in [5.41, 5.74) is 7.33. The summed E-state index contributed by atoms with van der Waals surface area (Å²) in [4.78, 5) is 30.8. The minimum absolute atomic E-state index is 0.295. The third-order valence-corrected chi connectivity index (χ3v) is 4.16. The lowest BCUT2D eigenvalue weighted by Gasteiger charge is -2.08. The molecule has 0 fully saturated rings. The number of anilines is 1. The number of thiazole rings is 1. The molecule has 8 heteroatoms. The van der Waals surface area contributed by atoms with Crippen LogP contribution >= 0.6 is 11.3 Å². The van der Waals surface area contributed by atoms with E-state index in [0.29, 0.717) is 34.4 Å². The van der Waals surface area contributed by atoms with Gasteiger partial charge >= 0.3 is 0 Å². The third kappa shape index (κ3) is 3.69. The standard InChI is InChI=1S/C17H16N4O3S/c1-2-24-14-6-4-3-5-11(14)16(23)21-17-20-13(9-25-17)10-7-12(15(18)22)19-8-10/h3-9,19H,2H2,1H3,(H2,18,22)(H,20,21,23). The molecule has 0 aliphatic heterocycles. The van der Waals surface area contributed by atoms with E-state index in [1.807, 2.05) is 13.0 Å². The molecule has 0 aliphatic rings. The quantitative estimate of drug-likeness (QED) is 0.630. The number of para-hydroxylation sites is 1. The SMILES string of the molecule is CCOc1ccccc1C(=O)Nc1nc(-c2c[nH]c(C(N)=O)c2)cs1. The Labute approximate surface area is 147 Å². The molecule has 2 amide bonds. The Hall–Kier alpha value is -3.13. The lowest BCUT2D eigenvalue weighted by atomic mass is 10.2. The molecular formula is C17H16N4O3S. The lowest BCUT2D eigenvalue weighted by molar-refractivity contribution is 0.0993. The van der Waals surface area contributed by atoms with Crippen molar-refractivity contribution in [3.05, 3.63) is 53.2 Å². The van der Waals surface area contributed by atoms with Crippen molar-refractivity contribution in [1.82, 2.24) is 9.97 Å². The van der Waals surface area contributed by atoms with Crippen LogP contribution in [0, 0.1) is 0 Å². The van der Waals surface area contributed by atoms with Crippen LogP contribution in [0.3, 0.4) is 0 Å². The number of aromatic nitrogens is 2. The molecule has 0 bridgehead atoms. The van der Waals surface area contributed by atoms with Crippen LogP contribution in [-0.4, -0.2) is 28.4 Å². The molecule has 2 aromatic heterocycles. The molecule has 1 aromatic carbocycles. The van der Waals surface area contributed by atoms with Crippen molar-refractivity contribution < 1.29 is 14.3 Å². The maximum absolute atomic E-state index is 12.5. The average molecular weight is 356 g/mol. The fourth-order valence-corrected chi connectivity index (χ4v) is 2.96. The van der Waals surface area contributed by atoms with Gasteiger partial charge in [-0.25, -0.2) is 4.98 Å². The number of primary amides is 1. The average Bonchev–Trinajstić information content (AvgIpc) is 3.24. The van der Waals surface area contributed by atoms with Crippen molar-refractivity contribution in [3.63, 3.8) is 0 Å². The summed E-state index contributed by atoms with van der Waals surface area (Å²) in [6.07, 6.45) is 1.64. The number of nitrogens with two attached hydrogens (primary N) is 1. The van der Waals surface area contributed by atoms with Crippen LogP contribution < -0.4 is 15.8 Å². The van der Waals surface area contributed by atoms with E-state index >= 15 is 0 Å².